The molecule has 2 heterocycles. The minimum atomic E-state index is -0.264. The maximum Gasteiger partial charge on any atom is 0.322 e. The summed E-state index contributed by atoms with van der Waals surface area (Å²) in [5.41, 5.74) is 1.47. The van der Waals surface area contributed by atoms with Crippen LogP contribution in [-0.2, 0) is 6.54 Å². The Balaban J connectivity index is 1.45. The van der Waals surface area contributed by atoms with Gasteiger partial charge in [-0.15, -0.1) is 11.3 Å². The summed E-state index contributed by atoms with van der Waals surface area (Å²) in [5.74, 6) is 0.00489. The van der Waals surface area contributed by atoms with Gasteiger partial charge in [-0.3, -0.25) is 4.79 Å². The van der Waals surface area contributed by atoms with E-state index in [2.05, 4.69) is 31.1 Å². The van der Waals surface area contributed by atoms with Crippen molar-refractivity contribution in [1.29, 1.82) is 0 Å². The van der Waals surface area contributed by atoms with E-state index in [4.69, 9.17) is 23.2 Å². The number of anilines is 1. The maximum absolute atomic E-state index is 13.4. The Morgan fingerprint density at radius 1 is 1.24 bits per heavy atom. The highest BCUT2D eigenvalue weighted by Gasteiger charge is 2.51. The molecule has 2 aromatic rings. The molecule has 4 rings (SSSR count). The van der Waals surface area contributed by atoms with Crippen molar-refractivity contribution in [2.45, 2.75) is 72.5 Å². The molecule has 2 unspecified atom stereocenters. The van der Waals surface area contributed by atoms with E-state index in [1.165, 1.54) is 11.3 Å². The van der Waals surface area contributed by atoms with Gasteiger partial charge in [-0.1, -0.05) is 44.0 Å². The zero-order chi connectivity index (χ0) is 24.8. The van der Waals surface area contributed by atoms with E-state index >= 15 is 0 Å². The molecule has 2 aliphatic rings. The van der Waals surface area contributed by atoms with Gasteiger partial charge in [0.15, 0.2) is 0 Å². The second kappa shape index (κ2) is 9.32. The fourth-order valence-corrected chi connectivity index (χ4v) is 6.79. The van der Waals surface area contributed by atoms with Gasteiger partial charge in [0.25, 0.3) is 5.91 Å². The number of carbonyl (C=O) groups excluding carboxylic acids is 2. The molecule has 1 aliphatic carbocycles. The second-order valence-electron chi connectivity index (χ2n) is 11.1. The predicted molar refractivity (Wildman–Crippen MR) is 139 cm³/mol. The van der Waals surface area contributed by atoms with Crippen molar-refractivity contribution < 1.29 is 9.59 Å². The zero-order valence-electron chi connectivity index (χ0n) is 20.3. The van der Waals surface area contributed by atoms with Gasteiger partial charge in [0, 0.05) is 29.7 Å². The lowest BCUT2D eigenvalue weighted by atomic mass is 9.65. The lowest BCUT2D eigenvalue weighted by Crippen LogP contribution is -2.39. The summed E-state index contributed by atoms with van der Waals surface area (Å²) in [5, 5.41) is 6.23. The summed E-state index contributed by atoms with van der Waals surface area (Å²) < 4.78 is 0. The van der Waals surface area contributed by atoms with Crippen LogP contribution in [0.2, 0.25) is 10.0 Å². The second-order valence-corrected chi connectivity index (χ2v) is 12.8. The molecule has 3 amide bonds. The van der Waals surface area contributed by atoms with Crippen LogP contribution in [0.25, 0.3) is 0 Å². The number of nitrogens with one attached hydrogen (secondary N) is 1. The highest BCUT2D eigenvalue weighted by Crippen LogP contribution is 2.52. The fourth-order valence-electron chi connectivity index (χ4n) is 5.73. The first-order chi connectivity index (χ1) is 15.9. The van der Waals surface area contributed by atoms with Crippen LogP contribution in [-0.4, -0.2) is 45.4 Å². The van der Waals surface area contributed by atoms with E-state index in [0.29, 0.717) is 28.0 Å². The standard InChI is InChI=1S/C25H32Cl2N4O2S/c1-15(2)30(23(33)28-16-6-7-18(26)19(27)8-16)11-21-29-20(12-34-21)22(32)31-14-25(5)10-17(31)9-24(3,4)13-25/h6-8,12,15,17H,9-11,13-14H2,1-5H3,(H,28,33). The zero-order valence-corrected chi connectivity index (χ0v) is 22.7. The van der Waals surface area contributed by atoms with E-state index in [1.54, 1.807) is 23.1 Å². The van der Waals surface area contributed by atoms with E-state index in [9.17, 15) is 9.59 Å². The van der Waals surface area contributed by atoms with Crippen LogP contribution in [0.5, 0.6) is 0 Å². The van der Waals surface area contributed by atoms with Crippen LogP contribution in [0.4, 0.5) is 10.5 Å². The molecular formula is C25H32Cl2N4O2S. The average Bonchev–Trinajstić information content (AvgIpc) is 3.29. The fraction of sp³-hybridized carbons (Fsp3) is 0.560. The van der Waals surface area contributed by atoms with Gasteiger partial charge >= 0.3 is 6.03 Å². The van der Waals surface area contributed by atoms with Gasteiger partial charge in [-0.05, 0) is 62.1 Å². The number of halogens is 2. The Morgan fingerprint density at radius 2 is 1.97 bits per heavy atom. The summed E-state index contributed by atoms with van der Waals surface area (Å²) in [6.07, 6.45) is 3.23. The third-order valence-corrected chi connectivity index (χ3v) is 8.38. The Hall–Kier alpha value is -1.83. The molecule has 1 N–H and O–H groups in total. The lowest BCUT2D eigenvalue weighted by molar-refractivity contribution is 0.0703. The molecule has 6 nitrogen and oxygen atoms in total. The third-order valence-electron chi connectivity index (χ3n) is 6.81. The summed E-state index contributed by atoms with van der Waals surface area (Å²) in [7, 11) is 0. The van der Waals surface area contributed by atoms with Crippen molar-refractivity contribution in [3.63, 3.8) is 0 Å². The molecule has 1 aromatic carbocycles. The van der Waals surface area contributed by atoms with E-state index in [1.807, 2.05) is 24.1 Å². The number of nitrogens with zero attached hydrogens (tertiary/aromatic N) is 3. The van der Waals surface area contributed by atoms with Crippen molar-refractivity contribution in [3.05, 3.63) is 44.3 Å². The third kappa shape index (κ3) is 5.37. The number of carbonyl (C=O) groups is 2. The Morgan fingerprint density at radius 3 is 2.65 bits per heavy atom. The first-order valence-corrected chi connectivity index (χ1v) is 13.3. The number of rotatable bonds is 5. The number of hydrogen-bond donors (Lipinski definition) is 1. The monoisotopic (exact) mass is 522 g/mol. The number of aromatic nitrogens is 1. The van der Waals surface area contributed by atoms with Crippen LogP contribution >= 0.6 is 34.5 Å². The number of thiazole rings is 1. The first-order valence-electron chi connectivity index (χ1n) is 11.6. The van der Waals surface area contributed by atoms with Gasteiger partial charge < -0.3 is 15.1 Å². The quantitative estimate of drug-likeness (QED) is 0.462. The van der Waals surface area contributed by atoms with Crippen molar-refractivity contribution >= 4 is 52.2 Å². The SMILES string of the molecule is CC(C)N(Cc1nc(C(=O)N2CC3(C)CC2CC(C)(C)C3)cs1)C(=O)Nc1ccc(Cl)c(Cl)c1. The van der Waals surface area contributed by atoms with Gasteiger partial charge in [0.1, 0.15) is 10.7 Å². The Kier molecular flexibility index (Phi) is 6.93. The summed E-state index contributed by atoms with van der Waals surface area (Å²) >= 11 is 13.5. The lowest BCUT2D eigenvalue weighted by Gasteiger charge is -2.39. The number of amides is 3. The predicted octanol–water partition coefficient (Wildman–Crippen LogP) is 6.93. The number of hydrogen-bond acceptors (Lipinski definition) is 4. The van der Waals surface area contributed by atoms with Crippen LogP contribution in [0.1, 0.15) is 69.4 Å². The molecule has 2 fully saturated rings. The summed E-state index contributed by atoms with van der Waals surface area (Å²) in [4.78, 5) is 34.7. The van der Waals surface area contributed by atoms with Crippen LogP contribution < -0.4 is 5.32 Å². The largest absolute Gasteiger partial charge is 0.334 e. The topological polar surface area (TPSA) is 65.5 Å². The molecule has 0 radical (unpaired) electrons. The maximum atomic E-state index is 13.4. The molecule has 1 saturated heterocycles. The smallest absolute Gasteiger partial charge is 0.322 e. The van der Waals surface area contributed by atoms with Gasteiger partial charge in [-0.2, -0.15) is 0 Å². The molecule has 9 heteroatoms. The molecule has 34 heavy (non-hydrogen) atoms. The minimum Gasteiger partial charge on any atom is -0.334 e. The van der Waals surface area contributed by atoms with Crippen LogP contribution in [0.3, 0.4) is 0 Å². The highest BCUT2D eigenvalue weighted by atomic mass is 35.5. The number of benzene rings is 1. The number of likely N-dealkylation sites (tertiary alicyclic amines) is 1. The van der Waals surface area contributed by atoms with E-state index in [-0.39, 0.29) is 34.9 Å². The summed E-state index contributed by atoms with van der Waals surface area (Å²) in [6.45, 7) is 11.9. The summed E-state index contributed by atoms with van der Waals surface area (Å²) in [6, 6.07) is 4.92. The molecule has 1 aromatic heterocycles. The van der Waals surface area contributed by atoms with Gasteiger partial charge in [0.05, 0.1) is 16.6 Å². The van der Waals surface area contributed by atoms with Crippen LogP contribution in [0.15, 0.2) is 23.6 Å². The number of fused-ring (bicyclic) bond motifs is 2. The molecule has 1 saturated carbocycles. The van der Waals surface area contributed by atoms with E-state index in [0.717, 1.165) is 30.8 Å². The molecule has 2 bridgehead atoms. The molecule has 1 aliphatic heterocycles. The number of urea groups is 1. The molecule has 0 spiro atoms. The van der Waals surface area contributed by atoms with Gasteiger partial charge in [-0.25, -0.2) is 9.78 Å². The van der Waals surface area contributed by atoms with Crippen LogP contribution in [0, 0.1) is 10.8 Å². The normalized spacial score (nSPS) is 23.3. The first kappa shape index (κ1) is 25.3. The minimum absolute atomic E-state index is 0.00489. The van der Waals surface area contributed by atoms with Crippen molar-refractivity contribution in [1.82, 2.24) is 14.8 Å². The van der Waals surface area contributed by atoms with E-state index < -0.39 is 0 Å². The Labute approximate surface area is 215 Å². The molecule has 184 valence electrons. The van der Waals surface area contributed by atoms with Crippen molar-refractivity contribution in [3.8, 4) is 0 Å². The van der Waals surface area contributed by atoms with Crippen molar-refractivity contribution in [2.75, 3.05) is 11.9 Å². The Bertz CT molecular complexity index is 1100. The average molecular weight is 524 g/mol. The van der Waals surface area contributed by atoms with Crippen molar-refractivity contribution in [2.24, 2.45) is 10.8 Å². The molecule has 2 atom stereocenters. The molecular weight excluding hydrogens is 491 g/mol. The van der Waals surface area contributed by atoms with Gasteiger partial charge in [0.2, 0.25) is 0 Å². The highest BCUT2D eigenvalue weighted by molar-refractivity contribution is 7.09.